The fourth-order valence-electron chi connectivity index (χ4n) is 1.15. The molecule has 0 unspecified atom stereocenters. The second kappa shape index (κ2) is 3.59. The number of carbonyl (C=O) groups excluding carboxylic acids is 1. The Bertz CT molecular complexity index is 467. The van der Waals surface area contributed by atoms with Gasteiger partial charge in [0.2, 0.25) is 5.82 Å². The Labute approximate surface area is 85.1 Å². The van der Waals surface area contributed by atoms with Crippen LogP contribution in [0.2, 0.25) is 5.02 Å². The molecule has 0 radical (unpaired) electrons. The highest BCUT2D eigenvalue weighted by Crippen LogP contribution is 2.14. The largest absolute Gasteiger partial charge is 0.294 e. The Kier molecular flexibility index (Phi) is 2.28. The summed E-state index contributed by atoms with van der Waals surface area (Å²) in [6.45, 7) is 0. The molecule has 0 bridgehead atoms. The predicted octanol–water partition coefficient (Wildman–Crippen LogP) is 1.73. The lowest BCUT2D eigenvalue weighted by atomic mass is 10.3. The first-order chi connectivity index (χ1) is 6.81. The standard InChI is InChI=1S/C9H6ClN3O/c10-7-2-1-3-8(4-7)13-6-11-12-9(13)5-14/h1-6H. The number of halogens is 1. The molecule has 0 fully saturated rings. The Morgan fingerprint density at radius 1 is 1.43 bits per heavy atom. The van der Waals surface area contributed by atoms with Gasteiger partial charge in [0.05, 0.1) is 5.69 Å². The summed E-state index contributed by atoms with van der Waals surface area (Å²) in [6.07, 6.45) is 2.11. The molecule has 2 rings (SSSR count). The van der Waals surface area contributed by atoms with Gasteiger partial charge in [-0.1, -0.05) is 17.7 Å². The Morgan fingerprint density at radius 3 is 3.00 bits per heavy atom. The molecule has 0 N–H and O–H groups in total. The van der Waals surface area contributed by atoms with E-state index in [9.17, 15) is 4.79 Å². The molecule has 0 saturated heterocycles. The lowest BCUT2D eigenvalue weighted by molar-refractivity contribution is 0.111. The minimum absolute atomic E-state index is 0.257. The fourth-order valence-corrected chi connectivity index (χ4v) is 1.33. The zero-order valence-electron chi connectivity index (χ0n) is 7.09. The third-order valence-corrected chi connectivity index (χ3v) is 2.00. The van der Waals surface area contributed by atoms with Crippen molar-refractivity contribution in [3.63, 3.8) is 0 Å². The van der Waals surface area contributed by atoms with Crippen molar-refractivity contribution in [2.75, 3.05) is 0 Å². The third kappa shape index (κ3) is 1.52. The highest BCUT2D eigenvalue weighted by molar-refractivity contribution is 6.30. The maximum atomic E-state index is 10.6. The minimum atomic E-state index is 0.257. The van der Waals surface area contributed by atoms with Gasteiger partial charge >= 0.3 is 0 Å². The number of rotatable bonds is 2. The van der Waals surface area contributed by atoms with Crippen LogP contribution in [0.3, 0.4) is 0 Å². The molecule has 0 atom stereocenters. The lowest BCUT2D eigenvalue weighted by Gasteiger charge is -2.02. The number of carbonyl (C=O) groups is 1. The van der Waals surface area contributed by atoms with Crippen LogP contribution in [-0.4, -0.2) is 21.1 Å². The molecule has 0 saturated carbocycles. The quantitative estimate of drug-likeness (QED) is 0.705. The molecule has 14 heavy (non-hydrogen) atoms. The van der Waals surface area contributed by atoms with Crippen LogP contribution in [-0.2, 0) is 0 Å². The average Bonchev–Trinajstić information content (AvgIpc) is 2.65. The van der Waals surface area contributed by atoms with E-state index in [1.54, 1.807) is 22.8 Å². The molecule has 0 aliphatic heterocycles. The molecule has 4 nitrogen and oxygen atoms in total. The van der Waals surface area contributed by atoms with Crippen LogP contribution < -0.4 is 0 Å². The summed E-state index contributed by atoms with van der Waals surface area (Å²) in [4.78, 5) is 10.6. The summed E-state index contributed by atoms with van der Waals surface area (Å²) in [5.74, 6) is 0.257. The number of aromatic nitrogens is 3. The molecule has 0 aliphatic carbocycles. The molecule has 0 spiro atoms. The molecule has 1 aromatic heterocycles. The molecule has 70 valence electrons. The predicted molar refractivity (Wildman–Crippen MR) is 51.8 cm³/mol. The van der Waals surface area contributed by atoms with Gasteiger partial charge in [-0.15, -0.1) is 10.2 Å². The van der Waals surface area contributed by atoms with E-state index < -0.39 is 0 Å². The number of aldehydes is 1. The van der Waals surface area contributed by atoms with Crippen molar-refractivity contribution in [1.29, 1.82) is 0 Å². The van der Waals surface area contributed by atoms with Gasteiger partial charge in [-0.05, 0) is 18.2 Å². The molecule has 5 heteroatoms. The van der Waals surface area contributed by atoms with Gasteiger partial charge in [0.1, 0.15) is 6.33 Å². The summed E-state index contributed by atoms with van der Waals surface area (Å²) in [7, 11) is 0. The summed E-state index contributed by atoms with van der Waals surface area (Å²) in [5, 5.41) is 7.88. The molecular weight excluding hydrogens is 202 g/mol. The van der Waals surface area contributed by atoms with Crippen molar-refractivity contribution in [1.82, 2.24) is 14.8 Å². The van der Waals surface area contributed by atoms with Crippen LogP contribution in [0, 0.1) is 0 Å². The second-order valence-corrected chi connectivity index (χ2v) is 3.09. The van der Waals surface area contributed by atoms with Gasteiger partial charge in [0, 0.05) is 5.02 Å². The number of benzene rings is 1. The Morgan fingerprint density at radius 2 is 2.29 bits per heavy atom. The van der Waals surface area contributed by atoms with Crippen molar-refractivity contribution in [3.8, 4) is 5.69 Å². The van der Waals surface area contributed by atoms with Gasteiger partial charge in [-0.3, -0.25) is 9.36 Å². The lowest BCUT2D eigenvalue weighted by Crippen LogP contribution is -1.98. The van der Waals surface area contributed by atoms with E-state index in [1.165, 1.54) is 6.33 Å². The van der Waals surface area contributed by atoms with Crippen LogP contribution in [0.1, 0.15) is 10.6 Å². The van der Waals surface area contributed by atoms with Gasteiger partial charge < -0.3 is 0 Å². The molecule has 1 aromatic carbocycles. The van der Waals surface area contributed by atoms with Crippen LogP contribution in [0.25, 0.3) is 5.69 Å². The molecule has 1 heterocycles. The fraction of sp³-hybridized carbons (Fsp3) is 0. The first-order valence-corrected chi connectivity index (χ1v) is 4.30. The maximum Gasteiger partial charge on any atom is 0.201 e. The van der Waals surface area contributed by atoms with Crippen LogP contribution >= 0.6 is 11.6 Å². The Hall–Kier alpha value is -1.68. The van der Waals surface area contributed by atoms with E-state index in [0.717, 1.165) is 5.69 Å². The molecular formula is C9H6ClN3O. The Balaban J connectivity index is 2.54. The van der Waals surface area contributed by atoms with E-state index in [2.05, 4.69) is 10.2 Å². The van der Waals surface area contributed by atoms with Crippen molar-refractivity contribution in [3.05, 3.63) is 41.4 Å². The average molecular weight is 208 g/mol. The van der Waals surface area contributed by atoms with Crippen LogP contribution in [0.15, 0.2) is 30.6 Å². The van der Waals surface area contributed by atoms with Gasteiger partial charge in [-0.25, -0.2) is 0 Å². The molecule has 2 aromatic rings. The maximum absolute atomic E-state index is 10.6. The van der Waals surface area contributed by atoms with Gasteiger partial charge in [0.25, 0.3) is 0 Å². The zero-order valence-corrected chi connectivity index (χ0v) is 7.85. The number of nitrogens with zero attached hydrogens (tertiary/aromatic N) is 3. The second-order valence-electron chi connectivity index (χ2n) is 2.66. The van der Waals surface area contributed by atoms with Gasteiger partial charge in [0.15, 0.2) is 6.29 Å². The summed E-state index contributed by atoms with van der Waals surface area (Å²) in [6, 6.07) is 7.11. The van der Waals surface area contributed by atoms with E-state index in [0.29, 0.717) is 11.3 Å². The highest BCUT2D eigenvalue weighted by atomic mass is 35.5. The monoisotopic (exact) mass is 207 g/mol. The summed E-state index contributed by atoms with van der Waals surface area (Å²) < 4.78 is 1.57. The van der Waals surface area contributed by atoms with Crippen molar-refractivity contribution in [2.45, 2.75) is 0 Å². The summed E-state index contributed by atoms with van der Waals surface area (Å²) >= 11 is 5.81. The molecule has 0 amide bonds. The SMILES string of the molecule is O=Cc1nncn1-c1cccc(Cl)c1. The van der Waals surface area contributed by atoms with E-state index in [4.69, 9.17) is 11.6 Å². The van der Waals surface area contributed by atoms with Crippen molar-refractivity contribution < 1.29 is 4.79 Å². The topological polar surface area (TPSA) is 47.8 Å². The first-order valence-electron chi connectivity index (χ1n) is 3.92. The molecule has 0 aliphatic rings. The van der Waals surface area contributed by atoms with Crippen molar-refractivity contribution in [2.24, 2.45) is 0 Å². The van der Waals surface area contributed by atoms with E-state index >= 15 is 0 Å². The number of hydrogen-bond acceptors (Lipinski definition) is 3. The smallest absolute Gasteiger partial charge is 0.201 e. The zero-order chi connectivity index (χ0) is 9.97. The van der Waals surface area contributed by atoms with E-state index in [1.807, 2.05) is 6.07 Å². The van der Waals surface area contributed by atoms with Crippen molar-refractivity contribution >= 4 is 17.9 Å². The van der Waals surface area contributed by atoms with Gasteiger partial charge in [-0.2, -0.15) is 0 Å². The third-order valence-electron chi connectivity index (χ3n) is 1.77. The normalized spacial score (nSPS) is 10.1. The summed E-state index contributed by atoms with van der Waals surface area (Å²) in [5.41, 5.74) is 0.768. The van der Waals surface area contributed by atoms with Crippen LogP contribution in [0.5, 0.6) is 0 Å². The minimum Gasteiger partial charge on any atom is -0.294 e. The number of hydrogen-bond donors (Lipinski definition) is 0. The first kappa shape index (κ1) is 8.90. The highest BCUT2D eigenvalue weighted by Gasteiger charge is 2.04. The van der Waals surface area contributed by atoms with E-state index in [-0.39, 0.29) is 5.82 Å². The van der Waals surface area contributed by atoms with Crippen LogP contribution in [0.4, 0.5) is 0 Å².